The Labute approximate surface area is 206 Å². The van der Waals surface area contributed by atoms with Gasteiger partial charge in [-0.25, -0.2) is 17.9 Å². The Kier molecular flexibility index (Phi) is 5.80. The van der Waals surface area contributed by atoms with E-state index in [1.165, 1.54) is 35.0 Å². The molecule has 0 radical (unpaired) electrons. The summed E-state index contributed by atoms with van der Waals surface area (Å²) in [7, 11) is -2.31. The maximum absolute atomic E-state index is 13.4. The van der Waals surface area contributed by atoms with Crippen molar-refractivity contribution >= 4 is 44.6 Å². The second-order valence-corrected chi connectivity index (χ2v) is 10.6. The van der Waals surface area contributed by atoms with E-state index in [0.717, 1.165) is 5.56 Å². The minimum atomic E-state index is -3.82. The zero-order valence-electron chi connectivity index (χ0n) is 18.7. The first-order valence-electron chi connectivity index (χ1n) is 10.6. The zero-order valence-corrected chi connectivity index (χ0v) is 20.3. The van der Waals surface area contributed by atoms with Gasteiger partial charge in [0.1, 0.15) is 0 Å². The van der Waals surface area contributed by atoms with E-state index in [4.69, 9.17) is 0 Å². The van der Waals surface area contributed by atoms with E-state index >= 15 is 0 Å². The molecule has 3 heterocycles. The van der Waals surface area contributed by atoms with Crippen molar-refractivity contribution in [2.45, 2.75) is 4.90 Å². The molecular weight excluding hydrogens is 480 g/mol. The van der Waals surface area contributed by atoms with Crippen LogP contribution in [0.3, 0.4) is 0 Å². The summed E-state index contributed by atoms with van der Waals surface area (Å²) in [6.45, 7) is 3.73. The largest absolute Gasteiger partial charge is 0.287 e. The molecule has 0 saturated carbocycles. The predicted molar refractivity (Wildman–Crippen MR) is 138 cm³/mol. The number of ketones is 1. The molecule has 0 atom stereocenters. The third-order valence-electron chi connectivity index (χ3n) is 5.67. The van der Waals surface area contributed by atoms with Crippen LogP contribution in [0.2, 0.25) is 0 Å². The van der Waals surface area contributed by atoms with Crippen LogP contribution in [0.25, 0.3) is 23.0 Å². The highest BCUT2D eigenvalue weighted by Crippen LogP contribution is 2.30. The van der Waals surface area contributed by atoms with Crippen LogP contribution < -0.4 is 4.31 Å². The fourth-order valence-corrected chi connectivity index (χ4v) is 5.91. The minimum absolute atomic E-state index is 0.139. The van der Waals surface area contributed by atoms with Crippen LogP contribution in [0.5, 0.6) is 0 Å². The molecular formula is C26H20N4O3S2. The number of benzene rings is 2. The highest BCUT2D eigenvalue weighted by molar-refractivity contribution is 7.92. The highest BCUT2D eigenvalue weighted by atomic mass is 32.2. The van der Waals surface area contributed by atoms with Gasteiger partial charge in [0, 0.05) is 18.8 Å². The smallest absolute Gasteiger partial charge is 0.264 e. The number of rotatable bonds is 7. The first-order valence-corrected chi connectivity index (χ1v) is 13.0. The topological polar surface area (TPSA) is 84.6 Å². The van der Waals surface area contributed by atoms with Crippen LogP contribution in [-0.2, 0) is 10.0 Å². The lowest BCUT2D eigenvalue weighted by Gasteiger charge is -2.21. The van der Waals surface area contributed by atoms with Gasteiger partial charge in [-0.1, -0.05) is 49.1 Å². The molecule has 35 heavy (non-hydrogen) atoms. The Bertz CT molecular complexity index is 1670. The van der Waals surface area contributed by atoms with Gasteiger partial charge in [0.05, 0.1) is 32.9 Å². The number of anilines is 1. The summed E-state index contributed by atoms with van der Waals surface area (Å²) in [5.41, 5.74) is 3.27. The van der Waals surface area contributed by atoms with Crippen LogP contribution in [0.1, 0.15) is 20.8 Å². The lowest BCUT2D eigenvalue weighted by Crippen LogP contribution is -2.27. The van der Waals surface area contributed by atoms with Crippen LogP contribution >= 0.6 is 11.3 Å². The van der Waals surface area contributed by atoms with Crippen molar-refractivity contribution in [1.29, 1.82) is 0 Å². The summed E-state index contributed by atoms with van der Waals surface area (Å²) in [5.74, 6) is -0.139. The lowest BCUT2D eigenvalue weighted by molar-refractivity contribution is 0.104. The highest BCUT2D eigenvalue weighted by Gasteiger charge is 2.24. The van der Waals surface area contributed by atoms with Gasteiger partial charge >= 0.3 is 0 Å². The van der Waals surface area contributed by atoms with E-state index in [1.54, 1.807) is 65.3 Å². The van der Waals surface area contributed by atoms with Gasteiger partial charge in [-0.2, -0.15) is 5.10 Å². The van der Waals surface area contributed by atoms with Gasteiger partial charge in [0.15, 0.2) is 5.65 Å². The average molecular weight is 501 g/mol. The van der Waals surface area contributed by atoms with Gasteiger partial charge < -0.3 is 0 Å². The second-order valence-electron chi connectivity index (χ2n) is 7.69. The van der Waals surface area contributed by atoms with E-state index < -0.39 is 10.0 Å². The molecule has 5 rings (SSSR count). The average Bonchev–Trinajstić information content (AvgIpc) is 3.58. The molecule has 0 amide bonds. The van der Waals surface area contributed by atoms with Crippen molar-refractivity contribution in [3.8, 4) is 11.3 Å². The van der Waals surface area contributed by atoms with Gasteiger partial charge in [0.25, 0.3) is 10.0 Å². The molecule has 5 aromatic rings. The molecule has 0 aliphatic rings. The summed E-state index contributed by atoms with van der Waals surface area (Å²) < 4.78 is 29.6. The number of hydrogen-bond acceptors (Lipinski definition) is 6. The molecule has 0 unspecified atom stereocenters. The van der Waals surface area contributed by atoms with Crippen molar-refractivity contribution < 1.29 is 13.2 Å². The van der Waals surface area contributed by atoms with Crippen molar-refractivity contribution in [3.05, 3.63) is 107 Å². The minimum Gasteiger partial charge on any atom is -0.287 e. The Morgan fingerprint density at radius 3 is 2.69 bits per heavy atom. The molecule has 3 aromatic heterocycles. The summed E-state index contributed by atoms with van der Waals surface area (Å²) in [4.78, 5) is 18.1. The second kappa shape index (κ2) is 8.94. The van der Waals surface area contributed by atoms with E-state index in [0.29, 0.717) is 33.0 Å². The Morgan fingerprint density at radius 1 is 1.09 bits per heavy atom. The molecule has 7 nitrogen and oxygen atoms in total. The van der Waals surface area contributed by atoms with Crippen LogP contribution in [0, 0.1) is 0 Å². The molecule has 0 spiro atoms. The number of fused-ring (bicyclic) bond motifs is 1. The molecule has 0 bridgehead atoms. The molecule has 9 heteroatoms. The predicted octanol–water partition coefficient (Wildman–Crippen LogP) is 5.16. The number of sulfonamides is 1. The van der Waals surface area contributed by atoms with E-state index in [2.05, 4.69) is 16.7 Å². The van der Waals surface area contributed by atoms with Crippen molar-refractivity contribution in [2.75, 3.05) is 11.4 Å². The summed E-state index contributed by atoms with van der Waals surface area (Å²) in [6.07, 6.45) is 4.66. The number of nitrogens with zero attached hydrogens (tertiary/aromatic N) is 4. The summed E-state index contributed by atoms with van der Waals surface area (Å²) >= 11 is 1.36. The molecule has 0 aliphatic carbocycles. The molecule has 174 valence electrons. The molecule has 0 fully saturated rings. The standard InChI is InChI=1S/C26H20N4O3S2/c1-3-18-8-4-5-12-24(18)35(32,33)29(2)20-10-6-9-19(16-20)22-13-14-27-26-21(17-28-30(22)26)25(31)23-11-7-15-34-23/h3-17H,1H2,2H3. The van der Waals surface area contributed by atoms with Crippen LogP contribution in [0.15, 0.2) is 96.0 Å². The number of thiophene rings is 1. The fraction of sp³-hybridized carbons (Fsp3) is 0.0385. The number of aromatic nitrogens is 3. The normalized spacial score (nSPS) is 11.5. The molecule has 0 N–H and O–H groups in total. The third kappa shape index (κ3) is 3.94. The van der Waals surface area contributed by atoms with Crippen LogP contribution in [-0.4, -0.2) is 35.8 Å². The first kappa shape index (κ1) is 22.7. The molecule has 2 aromatic carbocycles. The number of carbonyl (C=O) groups excluding carboxylic acids is 1. The fourth-order valence-electron chi connectivity index (χ4n) is 3.84. The van der Waals surface area contributed by atoms with Crippen molar-refractivity contribution in [1.82, 2.24) is 14.6 Å². The van der Waals surface area contributed by atoms with Gasteiger partial charge in [-0.05, 0) is 41.3 Å². The monoisotopic (exact) mass is 500 g/mol. The lowest BCUT2D eigenvalue weighted by atomic mass is 10.1. The quantitative estimate of drug-likeness (QED) is 0.288. The summed E-state index contributed by atoms with van der Waals surface area (Å²) in [5, 5.41) is 6.26. The van der Waals surface area contributed by atoms with Gasteiger partial charge in [0.2, 0.25) is 5.78 Å². The molecule has 0 saturated heterocycles. The third-order valence-corrected chi connectivity index (χ3v) is 8.40. The van der Waals surface area contributed by atoms with Gasteiger partial charge in [-0.3, -0.25) is 9.10 Å². The van der Waals surface area contributed by atoms with Crippen LogP contribution in [0.4, 0.5) is 5.69 Å². The SMILES string of the molecule is C=Cc1ccccc1S(=O)(=O)N(C)c1cccc(-c2ccnc3c(C(=O)c4cccs4)cnn23)c1. The van der Waals surface area contributed by atoms with Crippen molar-refractivity contribution in [3.63, 3.8) is 0 Å². The maximum Gasteiger partial charge on any atom is 0.264 e. The van der Waals surface area contributed by atoms with E-state index in [9.17, 15) is 13.2 Å². The first-order chi connectivity index (χ1) is 16.9. The molecule has 0 aliphatic heterocycles. The Hall–Kier alpha value is -4.08. The zero-order chi connectivity index (χ0) is 24.6. The number of carbonyl (C=O) groups is 1. The van der Waals surface area contributed by atoms with E-state index in [-0.39, 0.29) is 10.7 Å². The number of hydrogen-bond donors (Lipinski definition) is 0. The maximum atomic E-state index is 13.4. The Balaban J connectivity index is 1.56. The van der Waals surface area contributed by atoms with Gasteiger partial charge in [-0.15, -0.1) is 11.3 Å². The Morgan fingerprint density at radius 2 is 1.91 bits per heavy atom. The summed E-state index contributed by atoms with van der Waals surface area (Å²) in [6, 6.07) is 19.2. The van der Waals surface area contributed by atoms with E-state index in [1.807, 2.05) is 17.5 Å². The van der Waals surface area contributed by atoms with Crippen molar-refractivity contribution in [2.24, 2.45) is 0 Å².